The Morgan fingerprint density at radius 2 is 2.10 bits per heavy atom. The minimum atomic E-state index is -0.314. The zero-order chi connectivity index (χ0) is 15.6. The number of aromatic amines is 1. The van der Waals surface area contributed by atoms with Crippen LogP contribution in [0.2, 0.25) is 0 Å². The van der Waals surface area contributed by atoms with Gasteiger partial charge in [-0.05, 0) is 57.3 Å². The predicted molar refractivity (Wildman–Crippen MR) is 81.2 cm³/mol. The Kier molecular flexibility index (Phi) is 4.84. The van der Waals surface area contributed by atoms with Crippen molar-refractivity contribution in [1.29, 1.82) is 0 Å². The van der Waals surface area contributed by atoms with E-state index in [1.807, 2.05) is 33.9 Å². The SMILES string of the molecule is CNC(C)c1ccc(Sc2n[nH]c(=O)n2C(C)C)c(F)c1. The summed E-state index contributed by atoms with van der Waals surface area (Å²) >= 11 is 1.14. The summed E-state index contributed by atoms with van der Waals surface area (Å²) in [5.74, 6) is -0.314. The van der Waals surface area contributed by atoms with Crippen LogP contribution in [0, 0.1) is 5.82 Å². The average molecular weight is 310 g/mol. The fraction of sp³-hybridized carbons (Fsp3) is 0.429. The number of aromatic nitrogens is 3. The lowest BCUT2D eigenvalue weighted by Crippen LogP contribution is -2.19. The van der Waals surface area contributed by atoms with Gasteiger partial charge in [-0.2, -0.15) is 0 Å². The third kappa shape index (κ3) is 3.36. The van der Waals surface area contributed by atoms with E-state index >= 15 is 0 Å². The van der Waals surface area contributed by atoms with E-state index in [9.17, 15) is 9.18 Å². The maximum Gasteiger partial charge on any atom is 0.344 e. The summed E-state index contributed by atoms with van der Waals surface area (Å²) in [6.45, 7) is 5.73. The van der Waals surface area contributed by atoms with Crippen molar-refractivity contribution >= 4 is 11.8 Å². The summed E-state index contributed by atoms with van der Waals surface area (Å²) in [5.41, 5.74) is 0.593. The molecule has 0 aliphatic rings. The number of hydrogen-bond donors (Lipinski definition) is 2. The van der Waals surface area contributed by atoms with Crippen LogP contribution < -0.4 is 11.0 Å². The van der Waals surface area contributed by atoms with Crippen molar-refractivity contribution in [2.75, 3.05) is 7.05 Å². The number of hydrogen-bond acceptors (Lipinski definition) is 4. The van der Waals surface area contributed by atoms with Gasteiger partial charge in [0.2, 0.25) is 0 Å². The molecule has 0 saturated carbocycles. The Bertz CT molecular complexity index is 680. The molecule has 1 unspecified atom stereocenters. The van der Waals surface area contributed by atoms with Crippen molar-refractivity contribution in [3.8, 4) is 0 Å². The predicted octanol–water partition coefficient (Wildman–Crippen LogP) is 2.72. The number of benzene rings is 1. The van der Waals surface area contributed by atoms with Gasteiger partial charge >= 0.3 is 5.69 Å². The lowest BCUT2D eigenvalue weighted by molar-refractivity contribution is 0.533. The molecule has 0 spiro atoms. The molecule has 7 heteroatoms. The van der Waals surface area contributed by atoms with Gasteiger partial charge in [0.05, 0.1) is 4.90 Å². The first-order valence-corrected chi connectivity index (χ1v) is 7.57. The zero-order valence-corrected chi connectivity index (χ0v) is 13.3. The van der Waals surface area contributed by atoms with Crippen molar-refractivity contribution in [3.05, 3.63) is 40.1 Å². The maximum atomic E-state index is 14.2. The molecule has 2 aromatic rings. The van der Waals surface area contributed by atoms with E-state index < -0.39 is 0 Å². The first-order valence-electron chi connectivity index (χ1n) is 6.75. The molecule has 0 saturated heterocycles. The Balaban J connectivity index is 2.31. The van der Waals surface area contributed by atoms with Crippen LogP contribution in [0.25, 0.3) is 0 Å². The molecule has 0 fully saturated rings. The quantitative estimate of drug-likeness (QED) is 0.891. The van der Waals surface area contributed by atoms with E-state index in [2.05, 4.69) is 15.5 Å². The standard InChI is InChI=1S/C14H19FN4OS/c1-8(2)19-13(20)17-18-14(19)21-12-6-5-10(7-11(12)15)9(3)16-4/h5-9,16H,1-4H3,(H,17,20). The second-order valence-electron chi connectivity index (χ2n) is 5.08. The van der Waals surface area contributed by atoms with Crippen molar-refractivity contribution < 1.29 is 4.39 Å². The molecule has 1 atom stereocenters. The van der Waals surface area contributed by atoms with E-state index in [-0.39, 0.29) is 23.6 Å². The molecule has 0 aliphatic heterocycles. The molecule has 5 nitrogen and oxygen atoms in total. The maximum absolute atomic E-state index is 14.2. The molecule has 2 N–H and O–H groups in total. The van der Waals surface area contributed by atoms with Crippen LogP contribution in [0.4, 0.5) is 4.39 Å². The first kappa shape index (κ1) is 15.8. The van der Waals surface area contributed by atoms with Crippen LogP contribution in [0.15, 0.2) is 33.0 Å². The van der Waals surface area contributed by atoms with Gasteiger partial charge in [-0.15, -0.1) is 5.10 Å². The zero-order valence-electron chi connectivity index (χ0n) is 12.5. The van der Waals surface area contributed by atoms with Crippen molar-refractivity contribution in [3.63, 3.8) is 0 Å². The highest BCUT2D eigenvalue weighted by Gasteiger charge is 2.15. The lowest BCUT2D eigenvalue weighted by Gasteiger charge is -2.12. The van der Waals surface area contributed by atoms with Crippen molar-refractivity contribution in [1.82, 2.24) is 20.1 Å². The number of H-pyrrole nitrogens is 1. The Morgan fingerprint density at radius 1 is 1.38 bits per heavy atom. The molecular weight excluding hydrogens is 291 g/mol. The normalized spacial score (nSPS) is 12.9. The van der Waals surface area contributed by atoms with Crippen LogP contribution in [-0.4, -0.2) is 21.8 Å². The van der Waals surface area contributed by atoms with Crippen molar-refractivity contribution in [2.24, 2.45) is 0 Å². The van der Waals surface area contributed by atoms with Gasteiger partial charge in [0, 0.05) is 12.1 Å². The molecule has 0 radical (unpaired) electrons. The lowest BCUT2D eigenvalue weighted by atomic mass is 10.1. The molecule has 1 aromatic heterocycles. The summed E-state index contributed by atoms with van der Waals surface area (Å²) in [6.07, 6.45) is 0. The fourth-order valence-corrected chi connectivity index (χ4v) is 2.92. The van der Waals surface area contributed by atoms with E-state index in [1.54, 1.807) is 6.07 Å². The minimum absolute atomic E-state index is 0.0367. The van der Waals surface area contributed by atoms with Crippen LogP contribution in [0.1, 0.15) is 38.4 Å². The molecule has 2 rings (SSSR count). The molecule has 1 aromatic carbocycles. The number of rotatable bonds is 5. The molecule has 0 bridgehead atoms. The highest BCUT2D eigenvalue weighted by atomic mass is 32.2. The van der Waals surface area contributed by atoms with E-state index in [0.717, 1.165) is 17.3 Å². The highest BCUT2D eigenvalue weighted by molar-refractivity contribution is 7.99. The molecule has 0 amide bonds. The first-order chi connectivity index (χ1) is 9.93. The van der Waals surface area contributed by atoms with E-state index in [4.69, 9.17) is 0 Å². The van der Waals surface area contributed by atoms with Crippen LogP contribution in [0.3, 0.4) is 0 Å². The Morgan fingerprint density at radius 3 is 2.67 bits per heavy atom. The van der Waals surface area contributed by atoms with Gasteiger partial charge in [-0.3, -0.25) is 4.57 Å². The van der Waals surface area contributed by atoms with Crippen LogP contribution >= 0.6 is 11.8 Å². The van der Waals surface area contributed by atoms with Gasteiger partial charge < -0.3 is 5.32 Å². The molecule has 114 valence electrons. The van der Waals surface area contributed by atoms with E-state index in [0.29, 0.717) is 10.1 Å². The second kappa shape index (κ2) is 6.44. The minimum Gasteiger partial charge on any atom is -0.313 e. The van der Waals surface area contributed by atoms with Gasteiger partial charge in [-0.1, -0.05) is 6.07 Å². The summed E-state index contributed by atoms with van der Waals surface area (Å²) in [7, 11) is 1.83. The monoisotopic (exact) mass is 310 g/mol. The van der Waals surface area contributed by atoms with Crippen LogP contribution in [0.5, 0.6) is 0 Å². The summed E-state index contributed by atoms with van der Waals surface area (Å²) in [6, 6.07) is 5.14. The fourth-order valence-electron chi connectivity index (χ4n) is 1.95. The molecule has 21 heavy (non-hydrogen) atoms. The van der Waals surface area contributed by atoms with Gasteiger partial charge in [0.15, 0.2) is 5.16 Å². The summed E-state index contributed by atoms with van der Waals surface area (Å²) < 4.78 is 15.7. The van der Waals surface area contributed by atoms with Gasteiger partial charge in [0.1, 0.15) is 5.82 Å². The van der Waals surface area contributed by atoms with E-state index in [1.165, 1.54) is 10.6 Å². The number of nitrogens with zero attached hydrogens (tertiary/aromatic N) is 2. The Labute approximate surface area is 127 Å². The second-order valence-corrected chi connectivity index (χ2v) is 6.09. The third-order valence-electron chi connectivity index (χ3n) is 3.28. The Hall–Kier alpha value is -1.60. The van der Waals surface area contributed by atoms with Gasteiger partial charge in [0.25, 0.3) is 0 Å². The van der Waals surface area contributed by atoms with Gasteiger partial charge in [-0.25, -0.2) is 14.3 Å². The smallest absolute Gasteiger partial charge is 0.313 e. The number of nitrogens with one attached hydrogen (secondary N) is 2. The number of halogens is 1. The largest absolute Gasteiger partial charge is 0.344 e. The summed E-state index contributed by atoms with van der Waals surface area (Å²) in [5, 5.41) is 9.89. The van der Waals surface area contributed by atoms with Crippen LogP contribution in [-0.2, 0) is 0 Å². The molecule has 0 aliphatic carbocycles. The summed E-state index contributed by atoms with van der Waals surface area (Å²) in [4.78, 5) is 12.1. The topological polar surface area (TPSA) is 62.7 Å². The highest BCUT2D eigenvalue weighted by Crippen LogP contribution is 2.30. The average Bonchev–Trinajstić information content (AvgIpc) is 2.81. The molecular formula is C14H19FN4OS. The van der Waals surface area contributed by atoms with Crippen molar-refractivity contribution in [2.45, 2.75) is 42.9 Å². The third-order valence-corrected chi connectivity index (χ3v) is 4.30. The molecule has 1 heterocycles.